The Bertz CT molecular complexity index is 382. The molecule has 1 atom stereocenters. The highest BCUT2D eigenvalue weighted by Crippen LogP contribution is 2.16. The van der Waals surface area contributed by atoms with Crippen molar-refractivity contribution in [2.75, 3.05) is 13.6 Å². The second kappa shape index (κ2) is 7.07. The summed E-state index contributed by atoms with van der Waals surface area (Å²) in [5.74, 6) is 0.265. The van der Waals surface area contributed by atoms with Crippen molar-refractivity contribution in [1.29, 1.82) is 0 Å². The Hall–Kier alpha value is -0.640. The monoisotopic (exact) mass is 272 g/mol. The Balaban J connectivity index is 2.49. The van der Waals surface area contributed by atoms with Gasteiger partial charge in [-0.1, -0.05) is 25.4 Å². The molecule has 0 fully saturated rings. The molecule has 0 aromatic heterocycles. The number of hydrogen-bond acceptors (Lipinski definition) is 2. The first kappa shape index (κ1) is 15.4. The lowest BCUT2D eigenvalue weighted by molar-refractivity contribution is 0.292. The zero-order chi connectivity index (χ0) is 13.7. The average molecular weight is 273 g/mol. The van der Waals surface area contributed by atoms with Crippen LogP contribution in [-0.2, 0) is 6.54 Å². The molecule has 1 rings (SSSR count). The van der Waals surface area contributed by atoms with Gasteiger partial charge < -0.3 is 10.6 Å². The van der Waals surface area contributed by atoms with Crippen LogP contribution in [0, 0.1) is 11.7 Å². The summed E-state index contributed by atoms with van der Waals surface area (Å²) in [6.07, 6.45) is 0.913. The molecule has 0 bridgehead atoms. The lowest BCUT2D eigenvalue weighted by Gasteiger charge is -2.21. The van der Waals surface area contributed by atoms with Crippen molar-refractivity contribution >= 4 is 11.6 Å². The lowest BCUT2D eigenvalue weighted by atomic mass is 10.0. The van der Waals surface area contributed by atoms with Crippen molar-refractivity contribution < 1.29 is 4.39 Å². The predicted octanol–water partition coefficient (Wildman–Crippen LogP) is 3.28. The van der Waals surface area contributed by atoms with E-state index in [-0.39, 0.29) is 11.9 Å². The Morgan fingerprint density at radius 2 is 2.06 bits per heavy atom. The van der Waals surface area contributed by atoms with E-state index in [0.717, 1.165) is 13.0 Å². The van der Waals surface area contributed by atoms with E-state index in [1.54, 1.807) is 12.1 Å². The van der Waals surface area contributed by atoms with Crippen LogP contribution in [-0.4, -0.2) is 24.5 Å². The maximum absolute atomic E-state index is 13.5. The zero-order valence-electron chi connectivity index (χ0n) is 11.3. The predicted molar refractivity (Wildman–Crippen MR) is 75.2 cm³/mol. The van der Waals surface area contributed by atoms with Gasteiger partial charge in [0.25, 0.3) is 0 Å². The molecule has 0 heterocycles. The molecule has 18 heavy (non-hydrogen) atoms. The lowest BCUT2D eigenvalue weighted by Crippen LogP contribution is -2.31. The third-order valence-electron chi connectivity index (χ3n) is 3.15. The molecular formula is C14H22ClFN2. The molecule has 2 N–H and O–H groups in total. The molecule has 4 heteroatoms. The van der Waals surface area contributed by atoms with Gasteiger partial charge in [0.15, 0.2) is 0 Å². The van der Waals surface area contributed by atoms with Gasteiger partial charge in [-0.2, -0.15) is 0 Å². The first-order valence-corrected chi connectivity index (χ1v) is 6.66. The van der Waals surface area contributed by atoms with Crippen molar-refractivity contribution in [3.63, 3.8) is 0 Å². The third-order valence-corrected chi connectivity index (χ3v) is 3.38. The van der Waals surface area contributed by atoms with Crippen LogP contribution in [0.1, 0.15) is 25.8 Å². The van der Waals surface area contributed by atoms with Crippen molar-refractivity contribution in [2.45, 2.75) is 32.9 Å². The largest absolute Gasteiger partial charge is 0.327 e. The fourth-order valence-electron chi connectivity index (χ4n) is 1.74. The van der Waals surface area contributed by atoms with Crippen molar-refractivity contribution in [3.05, 3.63) is 34.6 Å². The molecule has 0 aliphatic rings. The summed E-state index contributed by atoms with van der Waals surface area (Å²) in [5.41, 5.74) is 6.62. The van der Waals surface area contributed by atoms with Gasteiger partial charge in [-0.3, -0.25) is 0 Å². The van der Waals surface area contributed by atoms with E-state index >= 15 is 0 Å². The van der Waals surface area contributed by atoms with Crippen LogP contribution in [0.5, 0.6) is 0 Å². The van der Waals surface area contributed by atoms with Gasteiger partial charge in [0.05, 0.1) is 0 Å². The molecule has 0 amide bonds. The van der Waals surface area contributed by atoms with Gasteiger partial charge in [0.1, 0.15) is 5.82 Å². The minimum atomic E-state index is -0.209. The first-order valence-electron chi connectivity index (χ1n) is 6.28. The summed E-state index contributed by atoms with van der Waals surface area (Å²) in [4.78, 5) is 2.07. The van der Waals surface area contributed by atoms with E-state index in [0.29, 0.717) is 23.0 Å². The molecule has 0 radical (unpaired) electrons. The molecule has 2 nitrogen and oxygen atoms in total. The highest BCUT2D eigenvalue weighted by molar-refractivity contribution is 6.30. The second-order valence-electron chi connectivity index (χ2n) is 5.17. The van der Waals surface area contributed by atoms with Crippen molar-refractivity contribution in [2.24, 2.45) is 11.7 Å². The maximum Gasteiger partial charge on any atom is 0.127 e. The highest BCUT2D eigenvalue weighted by atomic mass is 35.5. The van der Waals surface area contributed by atoms with E-state index in [1.165, 1.54) is 6.07 Å². The number of rotatable bonds is 6. The fourth-order valence-corrected chi connectivity index (χ4v) is 1.93. The van der Waals surface area contributed by atoms with Gasteiger partial charge in [-0.25, -0.2) is 4.39 Å². The molecule has 0 spiro atoms. The van der Waals surface area contributed by atoms with Crippen molar-refractivity contribution in [3.8, 4) is 0 Å². The quantitative estimate of drug-likeness (QED) is 0.861. The van der Waals surface area contributed by atoms with Crippen LogP contribution in [0.2, 0.25) is 5.02 Å². The average Bonchev–Trinajstić information content (AvgIpc) is 2.30. The van der Waals surface area contributed by atoms with Crippen molar-refractivity contribution in [1.82, 2.24) is 4.90 Å². The van der Waals surface area contributed by atoms with Gasteiger partial charge >= 0.3 is 0 Å². The SMILES string of the molecule is CC(C)C(N)CCN(C)Cc1cc(Cl)ccc1F. The molecule has 1 aromatic rings. The van der Waals surface area contributed by atoms with Crippen LogP contribution in [0.3, 0.4) is 0 Å². The van der Waals surface area contributed by atoms with Crippen LogP contribution >= 0.6 is 11.6 Å². The Morgan fingerprint density at radius 3 is 2.67 bits per heavy atom. The fraction of sp³-hybridized carbons (Fsp3) is 0.571. The zero-order valence-corrected chi connectivity index (χ0v) is 12.0. The molecule has 0 aliphatic heterocycles. The van der Waals surface area contributed by atoms with E-state index < -0.39 is 0 Å². The molecule has 0 saturated carbocycles. The third kappa shape index (κ3) is 4.92. The van der Waals surface area contributed by atoms with Gasteiger partial charge in [-0.05, 0) is 44.1 Å². The van der Waals surface area contributed by atoms with E-state index in [1.807, 2.05) is 7.05 Å². The number of nitrogens with two attached hydrogens (primary N) is 1. The van der Waals surface area contributed by atoms with E-state index in [4.69, 9.17) is 17.3 Å². The van der Waals surface area contributed by atoms with Crippen LogP contribution in [0.15, 0.2) is 18.2 Å². The summed E-state index contributed by atoms with van der Waals surface area (Å²) in [6.45, 7) is 5.63. The Morgan fingerprint density at radius 1 is 1.39 bits per heavy atom. The molecular weight excluding hydrogens is 251 g/mol. The van der Waals surface area contributed by atoms with Crippen LogP contribution in [0.4, 0.5) is 4.39 Å². The number of benzene rings is 1. The molecule has 0 aliphatic carbocycles. The maximum atomic E-state index is 13.5. The number of nitrogens with zero attached hydrogens (tertiary/aromatic N) is 1. The first-order chi connectivity index (χ1) is 8.40. The molecule has 1 unspecified atom stereocenters. The molecule has 0 saturated heterocycles. The molecule has 102 valence electrons. The Labute approximate surface area is 114 Å². The highest BCUT2D eigenvalue weighted by Gasteiger charge is 2.10. The number of hydrogen-bond donors (Lipinski definition) is 1. The summed E-state index contributed by atoms with van der Waals surface area (Å²) >= 11 is 5.86. The summed E-state index contributed by atoms with van der Waals surface area (Å²) in [6, 6.07) is 4.84. The topological polar surface area (TPSA) is 29.3 Å². The van der Waals surface area contributed by atoms with Gasteiger partial charge in [0, 0.05) is 23.2 Å². The number of halogens is 2. The van der Waals surface area contributed by atoms with Gasteiger partial charge in [0.2, 0.25) is 0 Å². The van der Waals surface area contributed by atoms with Crippen LogP contribution < -0.4 is 5.73 Å². The standard InChI is InChI=1S/C14H22ClFN2/c1-10(2)14(17)6-7-18(3)9-11-8-12(15)4-5-13(11)16/h4-5,8,10,14H,6-7,9,17H2,1-3H3. The van der Waals surface area contributed by atoms with Gasteiger partial charge in [-0.15, -0.1) is 0 Å². The van der Waals surface area contributed by atoms with E-state index in [2.05, 4.69) is 18.7 Å². The smallest absolute Gasteiger partial charge is 0.127 e. The summed E-state index contributed by atoms with van der Waals surface area (Å²) in [7, 11) is 1.97. The minimum absolute atomic E-state index is 0.191. The summed E-state index contributed by atoms with van der Waals surface area (Å²) in [5, 5.41) is 0.568. The van der Waals surface area contributed by atoms with E-state index in [9.17, 15) is 4.39 Å². The minimum Gasteiger partial charge on any atom is -0.327 e. The second-order valence-corrected chi connectivity index (χ2v) is 5.61. The summed E-state index contributed by atoms with van der Waals surface area (Å²) < 4.78 is 13.5. The Kier molecular flexibility index (Phi) is 6.06. The normalized spacial score (nSPS) is 13.3. The van der Waals surface area contributed by atoms with Crippen LogP contribution in [0.25, 0.3) is 0 Å². The molecule has 1 aromatic carbocycles.